The number of para-hydroxylation sites is 1. The first kappa shape index (κ1) is 18.4. The Morgan fingerprint density at radius 3 is 2.70 bits per heavy atom. The van der Waals surface area contributed by atoms with Crippen molar-refractivity contribution in [2.75, 3.05) is 20.8 Å². The van der Waals surface area contributed by atoms with Crippen LogP contribution in [0.4, 0.5) is 0 Å². The Hall–Kier alpha value is -3.42. The fourth-order valence-electron chi connectivity index (χ4n) is 2.62. The van der Waals surface area contributed by atoms with Gasteiger partial charge >= 0.3 is 5.97 Å². The molecule has 0 fully saturated rings. The van der Waals surface area contributed by atoms with Gasteiger partial charge in [-0.15, -0.1) is 10.2 Å². The molecule has 1 aromatic carbocycles. The number of methoxy groups -OCH3 is 1. The third kappa shape index (κ3) is 4.05. The highest BCUT2D eigenvalue weighted by Crippen LogP contribution is 2.18. The summed E-state index contributed by atoms with van der Waals surface area (Å²) in [5.74, 6) is 0.471. The highest BCUT2D eigenvalue weighted by atomic mass is 16.5. The molecule has 8 heteroatoms. The Morgan fingerprint density at radius 2 is 1.93 bits per heavy atom. The molecule has 0 aliphatic carbocycles. The second kappa shape index (κ2) is 7.86. The fraction of sp³-hybridized carbons (Fsp3) is 0.263. The van der Waals surface area contributed by atoms with Crippen LogP contribution >= 0.6 is 0 Å². The van der Waals surface area contributed by atoms with Crippen LogP contribution in [0.2, 0.25) is 0 Å². The maximum absolute atomic E-state index is 12.3. The lowest BCUT2D eigenvalue weighted by molar-refractivity contribution is -0.133. The topological polar surface area (TPSA) is 86.0 Å². The molecule has 0 bridgehead atoms. The molecule has 0 saturated carbocycles. The molecule has 0 spiro atoms. The van der Waals surface area contributed by atoms with Crippen molar-refractivity contribution in [3.63, 3.8) is 0 Å². The average Bonchev–Trinajstić information content (AvgIpc) is 3.06. The Morgan fingerprint density at radius 1 is 1.15 bits per heavy atom. The molecule has 0 atom stereocenters. The van der Waals surface area contributed by atoms with E-state index in [4.69, 9.17) is 9.47 Å². The average molecular weight is 368 g/mol. The van der Waals surface area contributed by atoms with E-state index in [9.17, 15) is 9.59 Å². The summed E-state index contributed by atoms with van der Waals surface area (Å²) in [6.07, 6.45) is 1.59. The number of aromatic nitrogens is 3. The third-order valence-electron chi connectivity index (χ3n) is 4.16. The second-order valence-corrected chi connectivity index (χ2v) is 6.03. The third-order valence-corrected chi connectivity index (χ3v) is 4.16. The van der Waals surface area contributed by atoms with Gasteiger partial charge in [0.1, 0.15) is 11.6 Å². The molecule has 0 aliphatic heterocycles. The quantitative estimate of drug-likeness (QED) is 0.618. The minimum atomic E-state index is -0.580. The first-order chi connectivity index (χ1) is 13.0. The molecule has 3 rings (SSSR count). The number of fused-ring (bicyclic) bond motifs is 1. The van der Waals surface area contributed by atoms with E-state index in [2.05, 4.69) is 10.2 Å². The van der Waals surface area contributed by atoms with Crippen molar-refractivity contribution in [2.45, 2.75) is 13.5 Å². The summed E-state index contributed by atoms with van der Waals surface area (Å²) < 4.78 is 12.1. The van der Waals surface area contributed by atoms with Crippen LogP contribution in [0.5, 0.6) is 5.75 Å². The van der Waals surface area contributed by atoms with Gasteiger partial charge in [-0.1, -0.05) is 18.2 Å². The number of carbonyl (C=O) groups is 2. The second-order valence-electron chi connectivity index (χ2n) is 6.03. The number of hydrogen-bond donors (Lipinski definition) is 0. The van der Waals surface area contributed by atoms with Gasteiger partial charge in [0.2, 0.25) is 0 Å². The zero-order chi connectivity index (χ0) is 19.4. The predicted octanol–water partition coefficient (Wildman–Crippen LogP) is 1.86. The number of esters is 1. The van der Waals surface area contributed by atoms with Crippen molar-refractivity contribution in [1.82, 2.24) is 19.5 Å². The number of nitrogens with zero attached hydrogens (tertiary/aromatic N) is 4. The van der Waals surface area contributed by atoms with Crippen LogP contribution in [0, 0.1) is 6.92 Å². The van der Waals surface area contributed by atoms with Crippen LogP contribution in [0.1, 0.15) is 21.7 Å². The van der Waals surface area contributed by atoms with Gasteiger partial charge in [0, 0.05) is 25.4 Å². The van der Waals surface area contributed by atoms with Crippen LogP contribution in [-0.4, -0.2) is 52.1 Å². The van der Waals surface area contributed by atoms with Gasteiger partial charge in [0.25, 0.3) is 5.91 Å². The summed E-state index contributed by atoms with van der Waals surface area (Å²) in [6, 6.07) is 10.7. The SMILES string of the molecule is COc1ccccc1CN(C)C(=O)COC(=O)c1ccc2nnc(C)n2c1. The highest BCUT2D eigenvalue weighted by Gasteiger charge is 2.16. The van der Waals surface area contributed by atoms with E-state index >= 15 is 0 Å². The molecular formula is C19H20N4O4. The Kier molecular flexibility index (Phi) is 5.35. The van der Waals surface area contributed by atoms with E-state index in [0.29, 0.717) is 29.3 Å². The Balaban J connectivity index is 1.60. The number of rotatable bonds is 6. The van der Waals surface area contributed by atoms with Crippen molar-refractivity contribution in [3.8, 4) is 5.75 Å². The number of benzene rings is 1. The zero-order valence-corrected chi connectivity index (χ0v) is 15.4. The lowest BCUT2D eigenvalue weighted by Gasteiger charge is -2.18. The van der Waals surface area contributed by atoms with E-state index in [1.165, 1.54) is 4.90 Å². The molecular weight excluding hydrogens is 348 g/mol. The smallest absolute Gasteiger partial charge is 0.340 e. The molecule has 0 saturated heterocycles. The number of pyridine rings is 1. The summed E-state index contributed by atoms with van der Waals surface area (Å²) >= 11 is 0. The van der Waals surface area contributed by atoms with Gasteiger partial charge in [0.15, 0.2) is 12.3 Å². The van der Waals surface area contributed by atoms with E-state index in [1.807, 2.05) is 24.3 Å². The van der Waals surface area contributed by atoms with Crippen molar-refractivity contribution in [3.05, 3.63) is 59.5 Å². The van der Waals surface area contributed by atoms with Crippen LogP contribution in [0.15, 0.2) is 42.6 Å². The Bertz CT molecular complexity index is 983. The molecule has 3 aromatic rings. The lowest BCUT2D eigenvalue weighted by Crippen LogP contribution is -2.31. The van der Waals surface area contributed by atoms with Gasteiger partial charge in [0.05, 0.1) is 12.7 Å². The summed E-state index contributed by atoms with van der Waals surface area (Å²) in [4.78, 5) is 26.0. The maximum Gasteiger partial charge on any atom is 0.340 e. The predicted molar refractivity (Wildman–Crippen MR) is 97.5 cm³/mol. The molecule has 2 heterocycles. The molecule has 0 unspecified atom stereocenters. The number of hydrogen-bond acceptors (Lipinski definition) is 6. The number of ether oxygens (including phenoxy) is 2. The molecule has 1 amide bonds. The summed E-state index contributed by atoms with van der Waals surface area (Å²) in [6.45, 7) is 1.79. The summed E-state index contributed by atoms with van der Waals surface area (Å²) in [7, 11) is 3.23. The van der Waals surface area contributed by atoms with E-state index in [1.54, 1.807) is 43.8 Å². The largest absolute Gasteiger partial charge is 0.496 e. The van der Waals surface area contributed by atoms with Crippen LogP contribution in [0.3, 0.4) is 0 Å². The number of aryl methyl sites for hydroxylation is 1. The maximum atomic E-state index is 12.3. The number of likely N-dealkylation sites (N-methyl/N-ethyl adjacent to an activating group) is 1. The minimum Gasteiger partial charge on any atom is -0.496 e. The van der Waals surface area contributed by atoms with E-state index < -0.39 is 5.97 Å². The summed E-state index contributed by atoms with van der Waals surface area (Å²) in [5, 5.41) is 7.90. The number of amides is 1. The monoisotopic (exact) mass is 368 g/mol. The fourth-order valence-corrected chi connectivity index (χ4v) is 2.62. The molecule has 0 N–H and O–H groups in total. The minimum absolute atomic E-state index is 0.309. The van der Waals surface area contributed by atoms with Gasteiger partial charge in [-0.3, -0.25) is 9.20 Å². The Labute approximate surface area is 156 Å². The van der Waals surface area contributed by atoms with Crippen molar-refractivity contribution in [1.29, 1.82) is 0 Å². The van der Waals surface area contributed by atoms with E-state index in [-0.39, 0.29) is 12.5 Å². The van der Waals surface area contributed by atoms with Crippen LogP contribution < -0.4 is 4.74 Å². The van der Waals surface area contributed by atoms with Crippen molar-refractivity contribution in [2.24, 2.45) is 0 Å². The van der Waals surface area contributed by atoms with Crippen molar-refractivity contribution >= 4 is 17.5 Å². The van der Waals surface area contributed by atoms with Crippen molar-refractivity contribution < 1.29 is 19.1 Å². The van der Waals surface area contributed by atoms with Crippen LogP contribution in [0.25, 0.3) is 5.65 Å². The number of carbonyl (C=O) groups excluding carboxylic acids is 2. The van der Waals surface area contributed by atoms with Gasteiger partial charge in [-0.05, 0) is 25.1 Å². The molecule has 0 radical (unpaired) electrons. The first-order valence-electron chi connectivity index (χ1n) is 8.34. The van der Waals surface area contributed by atoms with Gasteiger partial charge in [-0.2, -0.15) is 0 Å². The van der Waals surface area contributed by atoms with Gasteiger partial charge in [-0.25, -0.2) is 4.79 Å². The van der Waals surface area contributed by atoms with E-state index in [0.717, 1.165) is 5.56 Å². The molecule has 2 aromatic heterocycles. The van der Waals surface area contributed by atoms with Gasteiger partial charge < -0.3 is 14.4 Å². The first-order valence-corrected chi connectivity index (χ1v) is 8.34. The normalized spacial score (nSPS) is 10.6. The standard InChI is InChI=1S/C19H20N4O4/c1-13-20-21-17-9-8-15(11-23(13)17)19(25)27-12-18(24)22(2)10-14-6-4-5-7-16(14)26-3/h4-9,11H,10,12H2,1-3H3. The molecule has 8 nitrogen and oxygen atoms in total. The molecule has 140 valence electrons. The zero-order valence-electron chi connectivity index (χ0n) is 15.4. The molecule has 27 heavy (non-hydrogen) atoms. The molecule has 0 aliphatic rings. The summed E-state index contributed by atoms with van der Waals surface area (Å²) in [5.41, 5.74) is 1.83. The lowest BCUT2D eigenvalue weighted by atomic mass is 10.2. The van der Waals surface area contributed by atoms with Crippen LogP contribution in [-0.2, 0) is 16.1 Å². The highest BCUT2D eigenvalue weighted by molar-refractivity contribution is 5.91.